The second kappa shape index (κ2) is 13.9. The van der Waals surface area contributed by atoms with Crippen molar-refractivity contribution in [1.29, 1.82) is 0 Å². The molecule has 0 atom stereocenters. The van der Waals surface area contributed by atoms with Gasteiger partial charge in [0.15, 0.2) is 5.72 Å². The first-order chi connectivity index (χ1) is 12.5. The van der Waals surface area contributed by atoms with E-state index in [0.29, 0.717) is 17.2 Å². The van der Waals surface area contributed by atoms with Gasteiger partial charge in [0.05, 0.1) is 5.57 Å². The van der Waals surface area contributed by atoms with Gasteiger partial charge in [-0.25, -0.2) is 4.99 Å². The summed E-state index contributed by atoms with van der Waals surface area (Å²) in [7, 11) is 0. The summed E-state index contributed by atoms with van der Waals surface area (Å²) < 4.78 is 5.86. The van der Waals surface area contributed by atoms with E-state index in [1.807, 2.05) is 67.5 Å². The Morgan fingerprint density at radius 2 is 1.69 bits per heavy atom. The molecule has 2 heterocycles. The van der Waals surface area contributed by atoms with Crippen LogP contribution in [0, 0.1) is 0 Å². The van der Waals surface area contributed by atoms with Gasteiger partial charge in [-0.05, 0) is 26.0 Å². The van der Waals surface area contributed by atoms with Gasteiger partial charge in [-0.2, -0.15) is 0 Å². The van der Waals surface area contributed by atoms with Crippen LogP contribution in [-0.2, 0) is 9.53 Å². The van der Waals surface area contributed by atoms with Crippen molar-refractivity contribution in [1.82, 2.24) is 4.90 Å². The molecule has 0 fully saturated rings. The lowest BCUT2D eigenvalue weighted by Gasteiger charge is -2.42. The van der Waals surface area contributed by atoms with Crippen LogP contribution in [0.3, 0.4) is 0 Å². The molecular formula is C22H36N2O2. The zero-order valence-electron chi connectivity index (χ0n) is 17.8. The third kappa shape index (κ3) is 6.51. The maximum Gasteiger partial charge on any atom is 0.266 e. The molecule has 0 saturated carbocycles. The van der Waals surface area contributed by atoms with Crippen molar-refractivity contribution in [2.75, 3.05) is 0 Å². The van der Waals surface area contributed by atoms with Gasteiger partial charge in [-0.3, -0.25) is 9.69 Å². The quantitative estimate of drug-likeness (QED) is 0.605. The molecule has 146 valence electrons. The Hall–Kier alpha value is -2.36. The number of rotatable bonds is 3. The van der Waals surface area contributed by atoms with E-state index in [9.17, 15) is 4.79 Å². The first-order valence-corrected chi connectivity index (χ1v) is 9.43. The zero-order valence-corrected chi connectivity index (χ0v) is 17.8. The Morgan fingerprint density at radius 3 is 2.19 bits per heavy atom. The number of aliphatic imine (C=N–C) groups is 1. The maximum atomic E-state index is 12.7. The predicted molar refractivity (Wildman–Crippen MR) is 114 cm³/mol. The number of hydrogen-bond donors (Lipinski definition) is 0. The standard InChI is InChI=1S/C16H18N2O2.3C2H6/c1-5-12-13(6-2)20-16(3,4)18(15(12)19)14-10-8-7-9-11-17-14;3*1-2/h5-8,10-11H,1-2,9H2,3-4H3;3*1-2H3. The number of nitrogens with zero attached hydrogens (tertiary/aromatic N) is 2. The summed E-state index contributed by atoms with van der Waals surface area (Å²) in [4.78, 5) is 18.5. The minimum atomic E-state index is -0.839. The Bertz CT molecular complexity index is 579. The van der Waals surface area contributed by atoms with Crippen molar-refractivity contribution in [3.63, 3.8) is 0 Å². The lowest BCUT2D eigenvalue weighted by atomic mass is 10.1. The van der Waals surface area contributed by atoms with Crippen LogP contribution in [0.5, 0.6) is 0 Å². The number of ether oxygens (including phenoxy) is 1. The van der Waals surface area contributed by atoms with Crippen LogP contribution < -0.4 is 0 Å². The number of carbonyl (C=O) groups excluding carboxylic acids is 1. The van der Waals surface area contributed by atoms with E-state index in [1.165, 1.54) is 17.1 Å². The molecule has 0 N–H and O–H groups in total. The third-order valence-corrected chi connectivity index (χ3v) is 3.06. The fourth-order valence-corrected chi connectivity index (χ4v) is 2.17. The Kier molecular flexibility index (Phi) is 13.8. The molecule has 0 bridgehead atoms. The van der Waals surface area contributed by atoms with E-state index in [-0.39, 0.29) is 5.91 Å². The number of allylic oxidation sites excluding steroid dienone is 4. The van der Waals surface area contributed by atoms with Crippen LogP contribution in [0.2, 0.25) is 0 Å². The first kappa shape index (κ1) is 25.9. The second-order valence-electron chi connectivity index (χ2n) is 4.88. The fraction of sp³-hybridized carbons (Fsp3) is 0.455. The van der Waals surface area contributed by atoms with Gasteiger partial charge < -0.3 is 4.74 Å². The summed E-state index contributed by atoms with van der Waals surface area (Å²) in [5, 5.41) is 0. The van der Waals surface area contributed by atoms with Crippen molar-refractivity contribution in [2.45, 2.75) is 67.5 Å². The van der Waals surface area contributed by atoms with E-state index < -0.39 is 5.72 Å². The fourth-order valence-electron chi connectivity index (χ4n) is 2.17. The monoisotopic (exact) mass is 360 g/mol. The van der Waals surface area contributed by atoms with Crippen LogP contribution in [0.15, 0.2) is 65.7 Å². The van der Waals surface area contributed by atoms with Crippen LogP contribution >= 0.6 is 0 Å². The summed E-state index contributed by atoms with van der Waals surface area (Å²) in [5.74, 6) is 0.807. The average molecular weight is 361 g/mol. The molecule has 0 aliphatic carbocycles. The molecule has 2 rings (SSSR count). The normalized spacial score (nSPS) is 17.0. The summed E-state index contributed by atoms with van der Waals surface area (Å²) in [5.41, 5.74) is -0.447. The number of amides is 1. The van der Waals surface area contributed by atoms with E-state index in [4.69, 9.17) is 4.74 Å². The molecule has 4 heteroatoms. The molecule has 0 unspecified atom stereocenters. The minimum Gasteiger partial charge on any atom is -0.467 e. The lowest BCUT2D eigenvalue weighted by Crippen LogP contribution is -2.52. The van der Waals surface area contributed by atoms with Gasteiger partial charge in [0.25, 0.3) is 5.91 Å². The van der Waals surface area contributed by atoms with E-state index in [1.54, 1.807) is 12.3 Å². The number of hydrogen-bond acceptors (Lipinski definition) is 3. The highest BCUT2D eigenvalue weighted by Crippen LogP contribution is 2.34. The SMILES string of the molecule is C=CC1=C(C=C)C(=O)N(C2=CC=CCC=N2)C(C)(C)O1.CC.CC.CC. The van der Waals surface area contributed by atoms with Crippen LogP contribution in [-0.4, -0.2) is 22.7 Å². The summed E-state index contributed by atoms with van der Waals surface area (Å²) in [6.45, 7) is 23.0. The molecule has 2 aliphatic heterocycles. The van der Waals surface area contributed by atoms with E-state index >= 15 is 0 Å². The molecule has 1 amide bonds. The molecule has 2 aliphatic rings. The van der Waals surface area contributed by atoms with E-state index in [0.717, 1.165) is 6.42 Å². The maximum absolute atomic E-state index is 12.7. The van der Waals surface area contributed by atoms with Crippen molar-refractivity contribution in [3.8, 4) is 0 Å². The van der Waals surface area contributed by atoms with Crippen molar-refractivity contribution >= 4 is 12.1 Å². The molecule has 4 nitrogen and oxygen atoms in total. The molecule has 0 spiro atoms. The van der Waals surface area contributed by atoms with Crippen LogP contribution in [0.25, 0.3) is 0 Å². The Labute approximate surface area is 160 Å². The lowest BCUT2D eigenvalue weighted by molar-refractivity contribution is -0.152. The first-order valence-electron chi connectivity index (χ1n) is 9.43. The van der Waals surface area contributed by atoms with Crippen LogP contribution in [0.4, 0.5) is 0 Å². The summed E-state index contributed by atoms with van der Waals surface area (Å²) in [6, 6.07) is 0. The topological polar surface area (TPSA) is 41.9 Å². The molecule has 0 saturated heterocycles. The van der Waals surface area contributed by atoms with Crippen molar-refractivity contribution < 1.29 is 9.53 Å². The van der Waals surface area contributed by atoms with Gasteiger partial charge in [0.2, 0.25) is 0 Å². The Balaban J connectivity index is 0. The van der Waals surface area contributed by atoms with Gasteiger partial charge in [0.1, 0.15) is 11.6 Å². The molecule has 0 aromatic carbocycles. The molecular weight excluding hydrogens is 324 g/mol. The van der Waals surface area contributed by atoms with Gasteiger partial charge in [0, 0.05) is 12.6 Å². The minimum absolute atomic E-state index is 0.190. The molecule has 0 aromatic rings. The predicted octanol–water partition coefficient (Wildman–Crippen LogP) is 6.16. The summed E-state index contributed by atoms with van der Waals surface area (Å²) >= 11 is 0. The van der Waals surface area contributed by atoms with Gasteiger partial charge in [-0.1, -0.05) is 72.9 Å². The third-order valence-electron chi connectivity index (χ3n) is 3.06. The Morgan fingerprint density at radius 1 is 1.12 bits per heavy atom. The van der Waals surface area contributed by atoms with Crippen molar-refractivity contribution in [3.05, 3.63) is 60.7 Å². The van der Waals surface area contributed by atoms with Gasteiger partial charge >= 0.3 is 0 Å². The summed E-state index contributed by atoms with van der Waals surface area (Å²) in [6.07, 6.45) is 11.2. The smallest absolute Gasteiger partial charge is 0.266 e. The molecule has 26 heavy (non-hydrogen) atoms. The highest BCUT2D eigenvalue weighted by Gasteiger charge is 2.41. The second-order valence-corrected chi connectivity index (χ2v) is 4.88. The largest absolute Gasteiger partial charge is 0.467 e. The number of carbonyl (C=O) groups is 1. The van der Waals surface area contributed by atoms with E-state index in [2.05, 4.69) is 18.2 Å². The van der Waals surface area contributed by atoms with Gasteiger partial charge in [-0.15, -0.1) is 0 Å². The highest BCUT2D eigenvalue weighted by atomic mass is 16.5. The zero-order chi connectivity index (χ0) is 20.8. The van der Waals surface area contributed by atoms with Crippen molar-refractivity contribution in [2.24, 2.45) is 4.99 Å². The average Bonchev–Trinajstić information content (AvgIpc) is 2.95. The highest BCUT2D eigenvalue weighted by molar-refractivity contribution is 5.99. The van der Waals surface area contributed by atoms with Crippen LogP contribution in [0.1, 0.15) is 61.8 Å². The molecule has 0 radical (unpaired) electrons. The molecule has 0 aromatic heterocycles.